The van der Waals surface area contributed by atoms with E-state index in [0.717, 1.165) is 22.4 Å². The molecular formula is C15H13N3O. The van der Waals surface area contributed by atoms with Crippen LogP contribution in [0.3, 0.4) is 0 Å². The number of nitrogens with one attached hydrogen (secondary N) is 1. The first kappa shape index (κ1) is 11.3. The monoisotopic (exact) mass is 251 g/mol. The number of nitrogens with zero attached hydrogens (tertiary/aromatic N) is 1. The molecular weight excluding hydrogens is 238 g/mol. The topological polar surface area (TPSA) is 74.9 Å². The molecule has 0 aliphatic heterocycles. The van der Waals surface area contributed by atoms with Crippen molar-refractivity contribution < 1.29 is 5.11 Å². The fourth-order valence-electron chi connectivity index (χ4n) is 2.01. The molecule has 3 rings (SSSR count). The second kappa shape index (κ2) is 4.49. The number of imidazole rings is 1. The largest absolute Gasteiger partial charge is 0.508 e. The molecule has 0 fully saturated rings. The van der Waals surface area contributed by atoms with Gasteiger partial charge in [0.1, 0.15) is 5.75 Å². The number of benzene rings is 2. The molecule has 0 bridgehead atoms. The quantitative estimate of drug-likeness (QED) is 0.655. The van der Waals surface area contributed by atoms with Crippen LogP contribution in [-0.2, 0) is 0 Å². The maximum absolute atomic E-state index is 9.48. The number of aromatic nitrogens is 2. The summed E-state index contributed by atoms with van der Waals surface area (Å²) >= 11 is 0. The molecule has 0 atom stereocenters. The first-order valence-corrected chi connectivity index (χ1v) is 5.93. The zero-order valence-electron chi connectivity index (χ0n) is 10.2. The van der Waals surface area contributed by atoms with E-state index in [2.05, 4.69) is 9.97 Å². The Hall–Kier alpha value is -2.75. The third-order valence-corrected chi connectivity index (χ3v) is 2.97. The van der Waals surface area contributed by atoms with Crippen LogP contribution in [-0.4, -0.2) is 15.1 Å². The van der Waals surface area contributed by atoms with Crippen LogP contribution in [0.2, 0.25) is 0 Å². The number of phenolic OH excluding ortho intramolecular Hbond substituents is 1. The minimum absolute atomic E-state index is 0.267. The van der Waals surface area contributed by atoms with Crippen molar-refractivity contribution in [3.05, 3.63) is 54.7 Å². The zero-order valence-corrected chi connectivity index (χ0v) is 10.2. The van der Waals surface area contributed by atoms with E-state index in [4.69, 9.17) is 5.73 Å². The second-order valence-corrected chi connectivity index (χ2v) is 4.31. The van der Waals surface area contributed by atoms with E-state index < -0.39 is 0 Å². The van der Waals surface area contributed by atoms with E-state index >= 15 is 0 Å². The smallest absolute Gasteiger partial charge is 0.197 e. The molecule has 0 aliphatic rings. The molecule has 0 radical (unpaired) electrons. The van der Waals surface area contributed by atoms with Gasteiger partial charge in [-0.3, -0.25) is 0 Å². The molecule has 1 aromatic heterocycles. The number of nitrogen functional groups attached to an aromatic ring is 1. The molecule has 0 saturated carbocycles. The Kier molecular flexibility index (Phi) is 2.68. The lowest BCUT2D eigenvalue weighted by atomic mass is 10.0. The molecule has 0 unspecified atom stereocenters. The highest BCUT2D eigenvalue weighted by atomic mass is 16.3. The van der Waals surface area contributed by atoms with E-state index in [1.807, 2.05) is 36.4 Å². The number of phenols is 1. The molecule has 4 N–H and O–H groups in total. The molecule has 4 heteroatoms. The van der Waals surface area contributed by atoms with Gasteiger partial charge in [0.15, 0.2) is 5.95 Å². The van der Waals surface area contributed by atoms with Crippen molar-refractivity contribution in [2.45, 2.75) is 0 Å². The van der Waals surface area contributed by atoms with Crippen molar-refractivity contribution in [1.82, 2.24) is 9.97 Å². The zero-order chi connectivity index (χ0) is 13.2. The minimum Gasteiger partial charge on any atom is -0.508 e. The lowest BCUT2D eigenvalue weighted by molar-refractivity contribution is 0.475. The summed E-state index contributed by atoms with van der Waals surface area (Å²) in [6.07, 6.45) is 1.71. The van der Waals surface area contributed by atoms with Crippen LogP contribution < -0.4 is 5.73 Å². The SMILES string of the molecule is Nc1ncc(-c2ccc(-c3cccc(O)c3)cc2)[nH]1. The van der Waals surface area contributed by atoms with Crippen molar-refractivity contribution in [3.63, 3.8) is 0 Å². The molecule has 19 heavy (non-hydrogen) atoms. The predicted molar refractivity (Wildman–Crippen MR) is 75.5 cm³/mol. The molecule has 0 aliphatic carbocycles. The van der Waals surface area contributed by atoms with Crippen LogP contribution in [0, 0.1) is 0 Å². The highest BCUT2D eigenvalue weighted by molar-refractivity contribution is 5.69. The number of anilines is 1. The summed E-state index contributed by atoms with van der Waals surface area (Å²) in [7, 11) is 0. The van der Waals surface area contributed by atoms with Gasteiger partial charge in [-0.25, -0.2) is 4.98 Å². The minimum atomic E-state index is 0.267. The second-order valence-electron chi connectivity index (χ2n) is 4.31. The Balaban J connectivity index is 1.95. The first-order valence-electron chi connectivity index (χ1n) is 5.93. The summed E-state index contributed by atoms with van der Waals surface area (Å²) in [5, 5.41) is 9.48. The molecule has 4 nitrogen and oxygen atoms in total. The van der Waals surface area contributed by atoms with Gasteiger partial charge in [0.25, 0.3) is 0 Å². The Bertz CT molecular complexity index is 701. The van der Waals surface area contributed by atoms with Gasteiger partial charge in [-0.1, -0.05) is 36.4 Å². The summed E-state index contributed by atoms with van der Waals surface area (Å²) in [6, 6.07) is 15.2. The Morgan fingerprint density at radius 1 is 0.947 bits per heavy atom. The third kappa shape index (κ3) is 2.28. The van der Waals surface area contributed by atoms with Gasteiger partial charge in [-0.05, 0) is 28.8 Å². The van der Waals surface area contributed by atoms with Gasteiger partial charge in [-0.15, -0.1) is 0 Å². The summed E-state index contributed by atoms with van der Waals surface area (Å²) in [6.45, 7) is 0. The summed E-state index contributed by atoms with van der Waals surface area (Å²) in [5.41, 5.74) is 9.50. The maximum Gasteiger partial charge on any atom is 0.197 e. The summed E-state index contributed by atoms with van der Waals surface area (Å²) < 4.78 is 0. The number of rotatable bonds is 2. The molecule has 1 heterocycles. The predicted octanol–water partition coefficient (Wildman–Crippen LogP) is 3.03. The highest BCUT2D eigenvalue weighted by Gasteiger charge is 2.03. The van der Waals surface area contributed by atoms with Gasteiger partial charge in [-0.2, -0.15) is 0 Å². The van der Waals surface area contributed by atoms with Gasteiger partial charge in [0.05, 0.1) is 11.9 Å². The average molecular weight is 251 g/mol. The van der Waals surface area contributed by atoms with Crippen LogP contribution in [0.25, 0.3) is 22.4 Å². The molecule has 2 aromatic carbocycles. The van der Waals surface area contributed by atoms with Crippen LogP contribution in [0.5, 0.6) is 5.75 Å². The molecule has 0 saturated heterocycles. The lowest BCUT2D eigenvalue weighted by Crippen LogP contribution is -1.85. The Morgan fingerprint density at radius 3 is 2.32 bits per heavy atom. The summed E-state index contributed by atoms with van der Waals surface area (Å²) in [4.78, 5) is 6.96. The molecule has 94 valence electrons. The first-order chi connectivity index (χ1) is 9.22. The van der Waals surface area contributed by atoms with Gasteiger partial charge in [0.2, 0.25) is 0 Å². The average Bonchev–Trinajstić information content (AvgIpc) is 2.86. The molecule has 0 amide bonds. The molecule has 3 aromatic rings. The van der Waals surface area contributed by atoms with Gasteiger partial charge in [0, 0.05) is 0 Å². The molecule has 0 spiro atoms. The normalized spacial score (nSPS) is 10.5. The van der Waals surface area contributed by atoms with Crippen LogP contribution in [0.4, 0.5) is 5.95 Å². The van der Waals surface area contributed by atoms with Crippen LogP contribution in [0.1, 0.15) is 0 Å². The highest BCUT2D eigenvalue weighted by Crippen LogP contribution is 2.26. The van der Waals surface area contributed by atoms with Crippen LogP contribution in [0.15, 0.2) is 54.7 Å². The Labute approximate surface area is 110 Å². The lowest BCUT2D eigenvalue weighted by Gasteiger charge is -2.04. The van der Waals surface area contributed by atoms with Gasteiger partial charge < -0.3 is 15.8 Å². The van der Waals surface area contributed by atoms with E-state index in [1.54, 1.807) is 18.3 Å². The number of H-pyrrole nitrogens is 1. The number of nitrogens with two attached hydrogens (primary N) is 1. The van der Waals surface area contributed by atoms with Crippen molar-refractivity contribution >= 4 is 5.95 Å². The van der Waals surface area contributed by atoms with Crippen molar-refractivity contribution in [1.29, 1.82) is 0 Å². The number of aromatic hydroxyl groups is 1. The standard InChI is InChI=1S/C15H13N3O/c16-15-17-9-14(18-15)11-6-4-10(5-7-11)12-2-1-3-13(19)8-12/h1-9,19H,(H3,16,17,18). The third-order valence-electron chi connectivity index (χ3n) is 2.97. The van der Waals surface area contributed by atoms with E-state index in [1.165, 1.54) is 0 Å². The summed E-state index contributed by atoms with van der Waals surface area (Å²) in [5.74, 6) is 0.676. The number of aromatic amines is 1. The number of hydrogen-bond donors (Lipinski definition) is 3. The number of hydrogen-bond acceptors (Lipinski definition) is 3. The van der Waals surface area contributed by atoms with E-state index in [-0.39, 0.29) is 5.75 Å². The van der Waals surface area contributed by atoms with Crippen LogP contribution >= 0.6 is 0 Å². The van der Waals surface area contributed by atoms with Crippen molar-refractivity contribution in [2.75, 3.05) is 5.73 Å². The fourth-order valence-corrected chi connectivity index (χ4v) is 2.01. The maximum atomic E-state index is 9.48. The van der Waals surface area contributed by atoms with Gasteiger partial charge >= 0.3 is 0 Å². The Morgan fingerprint density at radius 2 is 1.68 bits per heavy atom. The fraction of sp³-hybridized carbons (Fsp3) is 0. The van der Waals surface area contributed by atoms with Crippen molar-refractivity contribution in [3.8, 4) is 28.1 Å². The van der Waals surface area contributed by atoms with Crippen molar-refractivity contribution in [2.24, 2.45) is 0 Å². The van der Waals surface area contributed by atoms with E-state index in [9.17, 15) is 5.11 Å². The van der Waals surface area contributed by atoms with E-state index in [0.29, 0.717) is 5.95 Å².